The number of halogens is 1. The molecule has 0 aliphatic heterocycles. The number of anilines is 2. The van der Waals surface area contributed by atoms with Crippen LogP contribution in [0.5, 0.6) is 0 Å². The Bertz CT molecular complexity index is 769. The molecule has 0 saturated heterocycles. The minimum atomic E-state index is -0.489. The predicted molar refractivity (Wildman–Crippen MR) is 99.7 cm³/mol. The summed E-state index contributed by atoms with van der Waals surface area (Å²) < 4.78 is 0. The third kappa shape index (κ3) is 4.53. The van der Waals surface area contributed by atoms with Crippen molar-refractivity contribution in [3.63, 3.8) is 0 Å². The molecule has 2 aromatic rings. The van der Waals surface area contributed by atoms with Crippen molar-refractivity contribution >= 4 is 46.1 Å². The lowest BCUT2D eigenvalue weighted by Crippen LogP contribution is -2.29. The van der Waals surface area contributed by atoms with E-state index in [-0.39, 0.29) is 5.69 Å². The van der Waals surface area contributed by atoms with Gasteiger partial charge in [-0.1, -0.05) is 17.7 Å². The van der Waals surface area contributed by atoms with Gasteiger partial charge < -0.3 is 15.5 Å². The first-order valence-corrected chi connectivity index (χ1v) is 7.77. The van der Waals surface area contributed by atoms with Crippen LogP contribution in [0.1, 0.15) is 5.56 Å². The summed E-state index contributed by atoms with van der Waals surface area (Å²) in [6.07, 6.45) is 1.72. The van der Waals surface area contributed by atoms with Gasteiger partial charge in [-0.15, -0.1) is 0 Å². The van der Waals surface area contributed by atoms with Crippen molar-refractivity contribution in [2.75, 3.05) is 24.3 Å². The number of nitrogens with one attached hydrogen (secondary N) is 2. The molecule has 0 spiro atoms. The second-order valence-corrected chi connectivity index (χ2v) is 5.92. The third-order valence-corrected chi connectivity index (χ3v) is 3.72. The smallest absolute Gasteiger partial charge is 0.271 e. The van der Waals surface area contributed by atoms with Crippen molar-refractivity contribution in [3.05, 3.63) is 57.2 Å². The van der Waals surface area contributed by atoms with Crippen molar-refractivity contribution in [2.24, 2.45) is 0 Å². The standard InChI is InChI=1S/C15H16ClN5O2S/c1-20(2)14-10(4-3-7-17-14)9-18-15(24)19-13-8-11(21(22)23)5-6-12(13)16/h3-8H,9H2,1-2H3,(H2,18,19,24). The number of hydrogen-bond acceptors (Lipinski definition) is 5. The van der Waals surface area contributed by atoms with Crippen molar-refractivity contribution in [1.29, 1.82) is 0 Å². The quantitative estimate of drug-likeness (QED) is 0.478. The van der Waals surface area contributed by atoms with Crippen molar-refractivity contribution < 1.29 is 4.92 Å². The summed E-state index contributed by atoms with van der Waals surface area (Å²) in [5, 5.41) is 17.4. The molecule has 24 heavy (non-hydrogen) atoms. The Hall–Kier alpha value is -2.45. The molecule has 9 heteroatoms. The van der Waals surface area contributed by atoms with Crippen LogP contribution in [0.25, 0.3) is 0 Å². The number of nitro groups is 1. The third-order valence-electron chi connectivity index (χ3n) is 3.14. The Labute approximate surface area is 149 Å². The maximum Gasteiger partial charge on any atom is 0.271 e. The Morgan fingerprint density at radius 3 is 2.83 bits per heavy atom. The van der Waals surface area contributed by atoms with Crippen LogP contribution in [0, 0.1) is 10.1 Å². The summed E-state index contributed by atoms with van der Waals surface area (Å²) in [5.74, 6) is 0.834. The van der Waals surface area contributed by atoms with Crippen molar-refractivity contribution in [1.82, 2.24) is 10.3 Å². The largest absolute Gasteiger partial charge is 0.362 e. The van der Waals surface area contributed by atoms with Gasteiger partial charge in [-0.05, 0) is 24.4 Å². The Kier molecular flexibility index (Phi) is 5.88. The van der Waals surface area contributed by atoms with Crippen LogP contribution < -0.4 is 15.5 Å². The normalized spacial score (nSPS) is 10.1. The van der Waals surface area contributed by atoms with Gasteiger partial charge in [-0.3, -0.25) is 10.1 Å². The summed E-state index contributed by atoms with van der Waals surface area (Å²) in [7, 11) is 3.82. The van der Waals surface area contributed by atoms with E-state index in [0.29, 0.717) is 22.4 Å². The van der Waals surface area contributed by atoms with E-state index in [1.165, 1.54) is 18.2 Å². The first-order valence-electron chi connectivity index (χ1n) is 6.98. The number of hydrogen-bond donors (Lipinski definition) is 2. The molecule has 0 saturated carbocycles. The van der Waals surface area contributed by atoms with Gasteiger partial charge >= 0.3 is 0 Å². The minimum Gasteiger partial charge on any atom is -0.362 e. The molecule has 126 valence electrons. The van der Waals surface area contributed by atoms with Crippen LogP contribution in [0.3, 0.4) is 0 Å². The van der Waals surface area contributed by atoms with Crippen LogP contribution in [-0.2, 0) is 6.54 Å². The fourth-order valence-electron chi connectivity index (χ4n) is 2.04. The van der Waals surface area contributed by atoms with Crippen LogP contribution in [-0.4, -0.2) is 29.1 Å². The highest BCUT2D eigenvalue weighted by Gasteiger charge is 2.11. The van der Waals surface area contributed by atoms with E-state index in [1.54, 1.807) is 6.20 Å². The summed E-state index contributed by atoms with van der Waals surface area (Å²) in [6, 6.07) is 7.92. The number of benzene rings is 1. The van der Waals surface area contributed by atoms with Gasteiger partial charge in [0, 0.05) is 44.5 Å². The zero-order chi connectivity index (χ0) is 17.7. The SMILES string of the molecule is CN(C)c1ncccc1CNC(=S)Nc1cc([N+](=O)[O-])ccc1Cl. The number of pyridine rings is 1. The number of nitro benzene ring substituents is 1. The minimum absolute atomic E-state index is 0.0631. The fourth-order valence-corrected chi connectivity index (χ4v) is 2.38. The molecule has 0 fully saturated rings. The lowest BCUT2D eigenvalue weighted by atomic mass is 10.2. The predicted octanol–water partition coefficient (Wildman–Crippen LogP) is 3.20. The average Bonchev–Trinajstić information content (AvgIpc) is 2.55. The summed E-state index contributed by atoms with van der Waals surface area (Å²) in [4.78, 5) is 16.6. The highest BCUT2D eigenvalue weighted by atomic mass is 35.5. The molecule has 0 unspecified atom stereocenters. The Morgan fingerprint density at radius 2 is 2.17 bits per heavy atom. The summed E-state index contributed by atoms with van der Waals surface area (Å²) >= 11 is 11.3. The van der Waals surface area contributed by atoms with Gasteiger partial charge in [-0.2, -0.15) is 0 Å². The average molecular weight is 366 g/mol. The molecule has 0 radical (unpaired) electrons. The first kappa shape index (κ1) is 17.9. The van der Waals surface area contributed by atoms with E-state index in [9.17, 15) is 10.1 Å². The van der Waals surface area contributed by atoms with Gasteiger partial charge in [0.25, 0.3) is 5.69 Å². The second kappa shape index (κ2) is 7.89. The topological polar surface area (TPSA) is 83.3 Å². The lowest BCUT2D eigenvalue weighted by molar-refractivity contribution is -0.384. The fraction of sp³-hybridized carbons (Fsp3) is 0.200. The molecule has 7 nitrogen and oxygen atoms in total. The number of thiocarbonyl (C=S) groups is 1. The van der Waals surface area contributed by atoms with E-state index in [4.69, 9.17) is 23.8 Å². The molecule has 1 aromatic carbocycles. The molecular formula is C15H16ClN5O2S. The molecule has 0 aliphatic carbocycles. The first-order chi connectivity index (χ1) is 11.4. The molecular weight excluding hydrogens is 350 g/mol. The van der Waals surface area contributed by atoms with Gasteiger partial charge in [0.1, 0.15) is 5.82 Å². The molecule has 0 amide bonds. The van der Waals surface area contributed by atoms with E-state index in [0.717, 1.165) is 11.4 Å². The van der Waals surface area contributed by atoms with Gasteiger partial charge in [0.15, 0.2) is 5.11 Å². The van der Waals surface area contributed by atoms with Crippen LogP contribution in [0.2, 0.25) is 5.02 Å². The monoisotopic (exact) mass is 365 g/mol. The van der Waals surface area contributed by atoms with E-state index < -0.39 is 4.92 Å². The molecule has 0 aliphatic rings. The Balaban J connectivity index is 2.05. The summed E-state index contributed by atoms with van der Waals surface area (Å²) in [5.41, 5.74) is 1.28. The van der Waals surface area contributed by atoms with E-state index in [2.05, 4.69) is 15.6 Å². The molecule has 0 atom stereocenters. The molecule has 2 rings (SSSR count). The van der Waals surface area contributed by atoms with Gasteiger partial charge in [-0.25, -0.2) is 4.98 Å². The number of nitrogens with zero attached hydrogens (tertiary/aromatic N) is 3. The van der Waals surface area contributed by atoms with E-state index in [1.807, 2.05) is 31.1 Å². The maximum absolute atomic E-state index is 10.8. The van der Waals surface area contributed by atoms with Crippen LogP contribution in [0.4, 0.5) is 17.2 Å². The molecule has 1 heterocycles. The van der Waals surface area contributed by atoms with Crippen LogP contribution in [0.15, 0.2) is 36.5 Å². The molecule has 1 aromatic heterocycles. The van der Waals surface area contributed by atoms with Gasteiger partial charge in [0.05, 0.1) is 15.6 Å². The highest BCUT2D eigenvalue weighted by Crippen LogP contribution is 2.26. The zero-order valence-corrected chi connectivity index (χ0v) is 14.7. The zero-order valence-electron chi connectivity index (χ0n) is 13.1. The van der Waals surface area contributed by atoms with Crippen molar-refractivity contribution in [3.8, 4) is 0 Å². The van der Waals surface area contributed by atoms with Crippen molar-refractivity contribution in [2.45, 2.75) is 6.54 Å². The highest BCUT2D eigenvalue weighted by molar-refractivity contribution is 7.80. The lowest BCUT2D eigenvalue weighted by Gasteiger charge is -2.17. The molecule has 0 bridgehead atoms. The Morgan fingerprint density at radius 1 is 1.42 bits per heavy atom. The van der Waals surface area contributed by atoms with E-state index >= 15 is 0 Å². The molecule has 2 N–H and O–H groups in total. The number of non-ortho nitro benzene ring substituents is 1. The summed E-state index contributed by atoms with van der Waals surface area (Å²) in [6.45, 7) is 0.458. The number of rotatable bonds is 5. The number of aromatic nitrogens is 1. The maximum atomic E-state index is 10.8. The van der Waals surface area contributed by atoms with Gasteiger partial charge in [0.2, 0.25) is 0 Å². The van der Waals surface area contributed by atoms with Crippen LogP contribution >= 0.6 is 23.8 Å². The second-order valence-electron chi connectivity index (χ2n) is 5.11.